The standard InChI is InChI=1S/C15H20ClN3O/c1-2-20-9-8-19-14-6-5-11(16)10-13(14)18-15(19)12-4-3-7-17-12/h5-6,10,12,17H,2-4,7-9H2,1H3. The number of nitrogens with zero attached hydrogens (tertiary/aromatic N) is 2. The zero-order valence-corrected chi connectivity index (χ0v) is 12.5. The summed E-state index contributed by atoms with van der Waals surface area (Å²) in [7, 11) is 0. The van der Waals surface area contributed by atoms with Gasteiger partial charge in [-0.1, -0.05) is 11.6 Å². The molecule has 1 unspecified atom stereocenters. The minimum absolute atomic E-state index is 0.350. The zero-order valence-electron chi connectivity index (χ0n) is 11.7. The first-order chi connectivity index (χ1) is 9.79. The van der Waals surface area contributed by atoms with Gasteiger partial charge in [0.2, 0.25) is 0 Å². The number of benzene rings is 1. The Bertz CT molecular complexity index is 590. The first-order valence-corrected chi connectivity index (χ1v) is 7.64. The molecule has 0 radical (unpaired) electrons. The van der Waals surface area contributed by atoms with E-state index in [1.807, 2.05) is 19.1 Å². The second-order valence-electron chi connectivity index (χ2n) is 5.10. The van der Waals surface area contributed by atoms with E-state index in [-0.39, 0.29) is 0 Å². The van der Waals surface area contributed by atoms with Crippen LogP contribution < -0.4 is 5.32 Å². The van der Waals surface area contributed by atoms with Crippen LogP contribution >= 0.6 is 11.6 Å². The predicted octanol–water partition coefficient (Wildman–Crippen LogP) is 3.15. The largest absolute Gasteiger partial charge is 0.380 e. The van der Waals surface area contributed by atoms with Crippen molar-refractivity contribution in [3.63, 3.8) is 0 Å². The van der Waals surface area contributed by atoms with Gasteiger partial charge in [0.25, 0.3) is 0 Å². The van der Waals surface area contributed by atoms with Gasteiger partial charge < -0.3 is 14.6 Å². The highest BCUT2D eigenvalue weighted by Crippen LogP contribution is 2.27. The third-order valence-corrected chi connectivity index (χ3v) is 4.01. The van der Waals surface area contributed by atoms with Gasteiger partial charge in [-0.25, -0.2) is 4.98 Å². The summed E-state index contributed by atoms with van der Waals surface area (Å²) in [6, 6.07) is 6.26. The summed E-state index contributed by atoms with van der Waals surface area (Å²) in [4.78, 5) is 4.79. The molecule has 0 spiro atoms. The first-order valence-electron chi connectivity index (χ1n) is 7.26. The lowest BCUT2D eigenvalue weighted by Crippen LogP contribution is -2.19. The van der Waals surface area contributed by atoms with Crippen LogP contribution in [-0.4, -0.2) is 29.3 Å². The molecule has 1 aromatic carbocycles. The maximum atomic E-state index is 6.08. The Morgan fingerprint density at radius 2 is 2.40 bits per heavy atom. The van der Waals surface area contributed by atoms with Crippen LogP contribution in [0.4, 0.5) is 0 Å². The van der Waals surface area contributed by atoms with Gasteiger partial charge in [-0.2, -0.15) is 0 Å². The smallest absolute Gasteiger partial charge is 0.127 e. The molecule has 1 fully saturated rings. The zero-order chi connectivity index (χ0) is 13.9. The van der Waals surface area contributed by atoms with Crippen LogP contribution in [0.3, 0.4) is 0 Å². The molecule has 1 aliphatic heterocycles. The molecule has 1 atom stereocenters. The maximum absolute atomic E-state index is 6.08. The Morgan fingerprint density at radius 3 is 3.15 bits per heavy atom. The molecule has 1 aliphatic rings. The fourth-order valence-electron chi connectivity index (χ4n) is 2.83. The monoisotopic (exact) mass is 293 g/mol. The van der Waals surface area contributed by atoms with Crippen molar-refractivity contribution in [3.8, 4) is 0 Å². The average Bonchev–Trinajstić information content (AvgIpc) is 3.06. The Morgan fingerprint density at radius 1 is 1.50 bits per heavy atom. The summed E-state index contributed by atoms with van der Waals surface area (Å²) in [5.74, 6) is 1.11. The molecule has 2 heterocycles. The Labute approximate surface area is 124 Å². The topological polar surface area (TPSA) is 39.1 Å². The highest BCUT2D eigenvalue weighted by molar-refractivity contribution is 6.31. The second kappa shape index (κ2) is 6.12. The molecule has 20 heavy (non-hydrogen) atoms. The van der Waals surface area contributed by atoms with Gasteiger partial charge in [0, 0.05) is 18.2 Å². The van der Waals surface area contributed by atoms with Crippen molar-refractivity contribution >= 4 is 22.6 Å². The van der Waals surface area contributed by atoms with Crippen molar-refractivity contribution in [2.75, 3.05) is 19.8 Å². The highest BCUT2D eigenvalue weighted by Gasteiger charge is 2.23. The molecule has 1 N–H and O–H groups in total. The molecule has 0 saturated carbocycles. The van der Waals surface area contributed by atoms with Gasteiger partial charge in [-0.15, -0.1) is 0 Å². The lowest BCUT2D eigenvalue weighted by molar-refractivity contribution is 0.139. The van der Waals surface area contributed by atoms with E-state index in [2.05, 4.69) is 16.0 Å². The van der Waals surface area contributed by atoms with Crippen LogP contribution in [0.5, 0.6) is 0 Å². The fourth-order valence-corrected chi connectivity index (χ4v) is 2.99. The van der Waals surface area contributed by atoms with E-state index >= 15 is 0 Å². The van der Waals surface area contributed by atoms with Crippen LogP contribution in [0, 0.1) is 0 Å². The number of fused-ring (bicyclic) bond motifs is 1. The summed E-state index contributed by atoms with van der Waals surface area (Å²) in [6.45, 7) is 5.38. The van der Waals surface area contributed by atoms with Crippen molar-refractivity contribution in [1.29, 1.82) is 0 Å². The molecule has 2 aromatic rings. The number of ether oxygens (including phenoxy) is 1. The summed E-state index contributed by atoms with van der Waals surface area (Å²) in [6.07, 6.45) is 2.35. The van der Waals surface area contributed by atoms with E-state index in [1.54, 1.807) is 0 Å². The molecule has 0 aliphatic carbocycles. The minimum Gasteiger partial charge on any atom is -0.380 e. The molecule has 108 valence electrons. The molecule has 0 bridgehead atoms. The Kier molecular flexibility index (Phi) is 4.24. The van der Waals surface area contributed by atoms with Crippen molar-refractivity contribution in [2.24, 2.45) is 0 Å². The lowest BCUT2D eigenvalue weighted by atomic mass is 10.2. The number of hydrogen-bond donors (Lipinski definition) is 1. The summed E-state index contributed by atoms with van der Waals surface area (Å²) in [5, 5.41) is 4.26. The number of imidazole rings is 1. The van der Waals surface area contributed by atoms with Crippen LogP contribution in [0.25, 0.3) is 11.0 Å². The average molecular weight is 294 g/mol. The van der Waals surface area contributed by atoms with E-state index in [1.165, 1.54) is 6.42 Å². The summed E-state index contributed by atoms with van der Waals surface area (Å²) >= 11 is 6.08. The van der Waals surface area contributed by atoms with Gasteiger partial charge >= 0.3 is 0 Å². The third-order valence-electron chi connectivity index (χ3n) is 3.78. The van der Waals surface area contributed by atoms with Gasteiger partial charge in [0.05, 0.1) is 23.7 Å². The summed E-state index contributed by atoms with van der Waals surface area (Å²) in [5.41, 5.74) is 2.11. The van der Waals surface area contributed by atoms with Crippen molar-refractivity contribution in [1.82, 2.24) is 14.9 Å². The Balaban J connectivity index is 1.99. The number of rotatable bonds is 5. The number of hydrogen-bond acceptors (Lipinski definition) is 3. The molecule has 1 saturated heterocycles. The number of halogens is 1. The molecule has 0 amide bonds. The first kappa shape index (κ1) is 13.9. The van der Waals surface area contributed by atoms with Crippen molar-refractivity contribution in [2.45, 2.75) is 32.4 Å². The van der Waals surface area contributed by atoms with E-state index in [0.717, 1.165) is 48.0 Å². The van der Waals surface area contributed by atoms with Crippen LogP contribution in [0.15, 0.2) is 18.2 Å². The van der Waals surface area contributed by atoms with Gasteiger partial charge in [0.1, 0.15) is 5.82 Å². The van der Waals surface area contributed by atoms with Crippen LogP contribution in [0.1, 0.15) is 31.6 Å². The fraction of sp³-hybridized carbons (Fsp3) is 0.533. The number of aromatic nitrogens is 2. The van der Waals surface area contributed by atoms with E-state index in [0.29, 0.717) is 12.6 Å². The molecular formula is C15H20ClN3O. The highest BCUT2D eigenvalue weighted by atomic mass is 35.5. The van der Waals surface area contributed by atoms with Crippen LogP contribution in [-0.2, 0) is 11.3 Å². The van der Waals surface area contributed by atoms with Gasteiger partial charge in [-0.3, -0.25) is 0 Å². The van der Waals surface area contributed by atoms with E-state index in [4.69, 9.17) is 21.3 Å². The molecular weight excluding hydrogens is 274 g/mol. The third kappa shape index (κ3) is 2.68. The maximum Gasteiger partial charge on any atom is 0.127 e. The molecule has 5 heteroatoms. The minimum atomic E-state index is 0.350. The van der Waals surface area contributed by atoms with Crippen LogP contribution in [0.2, 0.25) is 5.02 Å². The van der Waals surface area contributed by atoms with Gasteiger partial charge in [-0.05, 0) is 44.5 Å². The molecule has 1 aromatic heterocycles. The lowest BCUT2D eigenvalue weighted by Gasteiger charge is -2.14. The molecule has 3 rings (SSSR count). The molecule has 4 nitrogen and oxygen atoms in total. The van der Waals surface area contributed by atoms with E-state index < -0.39 is 0 Å². The quantitative estimate of drug-likeness (QED) is 0.861. The predicted molar refractivity (Wildman–Crippen MR) is 81.2 cm³/mol. The second-order valence-corrected chi connectivity index (χ2v) is 5.54. The van der Waals surface area contributed by atoms with Crippen molar-refractivity contribution in [3.05, 3.63) is 29.0 Å². The number of nitrogens with one attached hydrogen (secondary N) is 1. The van der Waals surface area contributed by atoms with Crippen molar-refractivity contribution < 1.29 is 4.74 Å². The van der Waals surface area contributed by atoms with Gasteiger partial charge in [0.15, 0.2) is 0 Å². The SMILES string of the molecule is CCOCCn1c(C2CCCN2)nc2cc(Cl)ccc21. The normalized spacial score (nSPS) is 19.0. The Hall–Kier alpha value is -1.10. The summed E-state index contributed by atoms with van der Waals surface area (Å²) < 4.78 is 7.77. The van der Waals surface area contributed by atoms with E-state index in [9.17, 15) is 0 Å².